The van der Waals surface area contributed by atoms with E-state index in [2.05, 4.69) is 26.2 Å². The minimum atomic E-state index is -0.901. The predicted octanol–water partition coefficient (Wildman–Crippen LogP) is 1.45. The Kier molecular flexibility index (Phi) is 2.28. The van der Waals surface area contributed by atoms with E-state index in [1.165, 1.54) is 0 Å². The van der Waals surface area contributed by atoms with Crippen LogP contribution in [0.4, 0.5) is 0 Å². The van der Waals surface area contributed by atoms with Crippen LogP contribution in [0, 0.1) is 6.92 Å². The monoisotopic (exact) mass is 256 g/mol. The van der Waals surface area contributed by atoms with Gasteiger partial charge >= 0.3 is 5.97 Å². The van der Waals surface area contributed by atoms with E-state index >= 15 is 0 Å². The van der Waals surface area contributed by atoms with Gasteiger partial charge in [-0.05, 0) is 22.9 Å². The summed E-state index contributed by atoms with van der Waals surface area (Å²) in [6, 6.07) is 0. The Bertz CT molecular complexity index is 418. The van der Waals surface area contributed by atoms with Gasteiger partial charge in [0.05, 0.1) is 21.4 Å². The minimum absolute atomic E-state index is 0.345. The zero-order valence-electron chi connectivity index (χ0n) is 7.59. The number of aromatic nitrogens is 1. The molecule has 0 fully saturated rings. The largest absolute Gasteiger partial charge is 0.478 e. The molecule has 2 rings (SSSR count). The van der Waals surface area contributed by atoms with Crippen molar-refractivity contribution in [3.8, 4) is 0 Å². The summed E-state index contributed by atoms with van der Waals surface area (Å²) in [5.41, 5.74) is 2.72. The normalized spacial score (nSPS) is 14.1. The molecule has 0 saturated carbocycles. The smallest absolute Gasteiger partial charge is 0.337 e. The average Bonchev–Trinajstić information content (AvgIpc) is 2.52. The van der Waals surface area contributed by atoms with Gasteiger partial charge in [-0.2, -0.15) is 0 Å². The first kappa shape index (κ1) is 9.61. The van der Waals surface area contributed by atoms with Crippen LogP contribution >= 0.6 is 15.9 Å². The van der Waals surface area contributed by atoms with Crippen molar-refractivity contribution in [2.24, 2.45) is 0 Å². The number of halogens is 1. The van der Waals surface area contributed by atoms with Crippen LogP contribution in [0.2, 0.25) is 0 Å². The van der Waals surface area contributed by atoms with Crippen LogP contribution in [0.15, 0.2) is 4.47 Å². The van der Waals surface area contributed by atoms with E-state index in [1.807, 2.05) is 0 Å². The highest BCUT2D eigenvalue weighted by Crippen LogP contribution is 2.28. The first-order valence-corrected chi connectivity index (χ1v) is 5.02. The van der Waals surface area contributed by atoms with Crippen LogP contribution in [0.5, 0.6) is 0 Å². The number of aryl methyl sites for hydroxylation is 1. The molecule has 0 spiro atoms. The van der Waals surface area contributed by atoms with E-state index < -0.39 is 5.97 Å². The molecule has 2 N–H and O–H groups in total. The molecule has 1 aliphatic heterocycles. The molecule has 74 valence electrons. The summed E-state index contributed by atoms with van der Waals surface area (Å²) in [7, 11) is 0. The lowest BCUT2D eigenvalue weighted by Gasteiger charge is -2.07. The van der Waals surface area contributed by atoms with Gasteiger partial charge in [-0.15, -0.1) is 0 Å². The van der Waals surface area contributed by atoms with Gasteiger partial charge in [0.1, 0.15) is 0 Å². The van der Waals surface area contributed by atoms with Crippen molar-refractivity contribution in [2.45, 2.75) is 20.0 Å². The Morgan fingerprint density at radius 2 is 2.29 bits per heavy atom. The molecule has 5 heteroatoms. The summed E-state index contributed by atoms with van der Waals surface area (Å²) in [6.45, 7) is 3.04. The third-order valence-electron chi connectivity index (χ3n) is 2.30. The van der Waals surface area contributed by atoms with Crippen molar-refractivity contribution in [1.29, 1.82) is 0 Å². The molecule has 4 nitrogen and oxygen atoms in total. The van der Waals surface area contributed by atoms with Crippen molar-refractivity contribution in [1.82, 2.24) is 10.3 Å². The number of nitrogens with zero attached hydrogens (tertiary/aromatic N) is 1. The molecule has 0 bridgehead atoms. The van der Waals surface area contributed by atoms with Crippen LogP contribution in [0.1, 0.15) is 27.3 Å². The Morgan fingerprint density at radius 1 is 1.57 bits per heavy atom. The first-order chi connectivity index (χ1) is 6.61. The lowest BCUT2D eigenvalue weighted by molar-refractivity contribution is 0.0694. The number of hydrogen-bond donors (Lipinski definition) is 2. The molecule has 2 heterocycles. The third-order valence-corrected chi connectivity index (χ3v) is 3.27. The number of rotatable bonds is 1. The number of fused-ring (bicyclic) bond motifs is 1. The van der Waals surface area contributed by atoms with Crippen molar-refractivity contribution in [3.05, 3.63) is 27.0 Å². The highest BCUT2D eigenvalue weighted by Gasteiger charge is 2.23. The predicted molar refractivity (Wildman–Crippen MR) is 54.2 cm³/mol. The van der Waals surface area contributed by atoms with Crippen LogP contribution in [0.3, 0.4) is 0 Å². The zero-order valence-corrected chi connectivity index (χ0v) is 9.18. The molecule has 0 aliphatic carbocycles. The Morgan fingerprint density at radius 3 is 2.93 bits per heavy atom. The maximum atomic E-state index is 11.0. The number of aromatic carboxylic acids is 1. The number of nitrogens with one attached hydrogen (secondary N) is 1. The molecule has 0 aromatic carbocycles. The molecule has 0 saturated heterocycles. The average molecular weight is 257 g/mol. The molecule has 1 aromatic rings. The fraction of sp³-hybridized carbons (Fsp3) is 0.333. The van der Waals surface area contributed by atoms with Gasteiger partial charge in [-0.25, -0.2) is 4.79 Å². The summed E-state index contributed by atoms with van der Waals surface area (Å²) in [5, 5.41) is 12.2. The van der Waals surface area contributed by atoms with Crippen molar-refractivity contribution in [3.63, 3.8) is 0 Å². The lowest BCUT2D eigenvalue weighted by Crippen LogP contribution is -2.07. The number of carboxylic acid groups (broad SMARTS) is 1. The molecule has 14 heavy (non-hydrogen) atoms. The van der Waals surface area contributed by atoms with Gasteiger partial charge in [-0.3, -0.25) is 4.98 Å². The second-order valence-corrected chi connectivity index (χ2v) is 4.01. The fourth-order valence-electron chi connectivity index (χ4n) is 1.64. The molecular weight excluding hydrogens is 248 g/mol. The van der Waals surface area contributed by atoms with Crippen LogP contribution < -0.4 is 5.32 Å². The first-order valence-electron chi connectivity index (χ1n) is 4.23. The van der Waals surface area contributed by atoms with Crippen molar-refractivity contribution in [2.75, 3.05) is 0 Å². The van der Waals surface area contributed by atoms with Gasteiger partial charge in [0.25, 0.3) is 0 Å². The molecule has 1 aromatic heterocycles. The second kappa shape index (κ2) is 3.33. The molecule has 0 amide bonds. The van der Waals surface area contributed by atoms with Crippen LogP contribution in [-0.4, -0.2) is 16.1 Å². The number of hydrogen-bond acceptors (Lipinski definition) is 3. The highest BCUT2D eigenvalue weighted by molar-refractivity contribution is 9.10. The van der Waals surface area contributed by atoms with Gasteiger partial charge in [0, 0.05) is 18.7 Å². The van der Waals surface area contributed by atoms with Crippen molar-refractivity contribution < 1.29 is 9.90 Å². The van der Waals surface area contributed by atoms with Gasteiger partial charge < -0.3 is 10.4 Å². The quantitative estimate of drug-likeness (QED) is 0.799. The van der Waals surface area contributed by atoms with E-state index in [0.29, 0.717) is 23.1 Å². The number of pyridine rings is 1. The molecule has 1 aliphatic rings. The van der Waals surface area contributed by atoms with Gasteiger partial charge in [0.2, 0.25) is 0 Å². The Labute approximate surface area is 89.5 Å². The maximum Gasteiger partial charge on any atom is 0.337 e. The lowest BCUT2D eigenvalue weighted by atomic mass is 10.1. The Hall–Kier alpha value is -0.940. The molecule has 0 radical (unpaired) electrons. The Balaban J connectivity index is 2.72. The summed E-state index contributed by atoms with van der Waals surface area (Å²) >= 11 is 3.26. The fourth-order valence-corrected chi connectivity index (χ4v) is 2.14. The van der Waals surface area contributed by atoms with Gasteiger partial charge in [0.15, 0.2) is 0 Å². The number of carboxylic acids is 1. The summed E-state index contributed by atoms with van der Waals surface area (Å²) in [6.07, 6.45) is 0. The zero-order chi connectivity index (χ0) is 10.3. The standard InChI is InChI=1S/C9H9BrN2O2/c1-4-8(10)7(9(13)14)5-2-11-3-6(5)12-4/h11H,2-3H2,1H3,(H,13,14). The maximum absolute atomic E-state index is 11.0. The topological polar surface area (TPSA) is 62.2 Å². The van der Waals surface area contributed by atoms with Gasteiger partial charge in [-0.1, -0.05) is 0 Å². The highest BCUT2D eigenvalue weighted by atomic mass is 79.9. The van der Waals surface area contributed by atoms with Crippen molar-refractivity contribution >= 4 is 21.9 Å². The van der Waals surface area contributed by atoms with E-state index in [-0.39, 0.29) is 0 Å². The molecule has 0 atom stereocenters. The van der Waals surface area contributed by atoms with E-state index in [9.17, 15) is 4.79 Å². The van der Waals surface area contributed by atoms with Crippen LogP contribution in [-0.2, 0) is 13.1 Å². The van der Waals surface area contributed by atoms with E-state index in [0.717, 1.165) is 17.0 Å². The van der Waals surface area contributed by atoms with E-state index in [1.54, 1.807) is 6.92 Å². The number of carbonyl (C=O) groups is 1. The summed E-state index contributed by atoms with van der Waals surface area (Å²) < 4.78 is 0.590. The molecule has 0 unspecified atom stereocenters. The third kappa shape index (κ3) is 1.33. The van der Waals surface area contributed by atoms with Crippen LogP contribution in [0.25, 0.3) is 0 Å². The second-order valence-electron chi connectivity index (χ2n) is 3.22. The summed E-state index contributed by atoms with van der Waals surface area (Å²) in [5.74, 6) is -0.901. The SMILES string of the molecule is Cc1nc2c(c(C(=O)O)c1Br)CNC2. The van der Waals surface area contributed by atoms with E-state index in [4.69, 9.17) is 5.11 Å². The summed E-state index contributed by atoms with van der Waals surface area (Å²) in [4.78, 5) is 15.4. The minimum Gasteiger partial charge on any atom is -0.478 e. The molecular formula is C9H9BrN2O2.